The highest BCUT2D eigenvalue weighted by Crippen LogP contribution is 2.18. The Balaban J connectivity index is 1.81. The van der Waals surface area contributed by atoms with E-state index < -0.39 is 5.97 Å². The van der Waals surface area contributed by atoms with Gasteiger partial charge in [-0.2, -0.15) is 0 Å². The molecule has 1 heterocycles. The van der Waals surface area contributed by atoms with Crippen LogP contribution in [0.25, 0.3) is 11.0 Å². The Bertz CT molecular complexity index is 929. The Morgan fingerprint density at radius 3 is 2.54 bits per heavy atom. The molecule has 3 aromatic rings. The second-order valence-corrected chi connectivity index (χ2v) is 6.26. The molecule has 2 N–H and O–H groups in total. The van der Waals surface area contributed by atoms with E-state index in [1.165, 1.54) is 5.56 Å². The number of carbonyl (C=O) groups is 2. The minimum Gasteiger partial charge on any atom is -0.481 e. The first-order chi connectivity index (χ1) is 12.5. The molecule has 0 fully saturated rings. The number of rotatable bonds is 7. The van der Waals surface area contributed by atoms with Crippen LogP contribution in [0, 0.1) is 6.92 Å². The molecule has 0 radical (unpaired) electrons. The molecule has 1 amide bonds. The van der Waals surface area contributed by atoms with Gasteiger partial charge in [0, 0.05) is 13.0 Å². The topological polar surface area (TPSA) is 84.2 Å². The molecule has 0 aliphatic carbocycles. The van der Waals surface area contributed by atoms with Crippen LogP contribution in [0.4, 0.5) is 0 Å². The van der Waals surface area contributed by atoms with Crippen molar-refractivity contribution >= 4 is 22.9 Å². The summed E-state index contributed by atoms with van der Waals surface area (Å²) < 4.78 is 2.08. The standard InChI is InChI=1S/C20H21N3O3/c1-14-6-8-15(9-7-14)13-23-17-5-3-2-4-16(17)22-18(23)12-21-19(24)10-11-20(25)26/h2-9H,10-13H2,1H3,(H,21,24)(H,25,26). The molecule has 0 saturated heterocycles. The summed E-state index contributed by atoms with van der Waals surface area (Å²) in [6, 6.07) is 16.1. The molecule has 0 atom stereocenters. The first-order valence-corrected chi connectivity index (χ1v) is 8.51. The first-order valence-electron chi connectivity index (χ1n) is 8.51. The quantitative estimate of drug-likeness (QED) is 0.685. The van der Waals surface area contributed by atoms with Crippen molar-refractivity contribution in [1.82, 2.24) is 14.9 Å². The fraction of sp³-hybridized carbons (Fsp3) is 0.250. The molecule has 6 heteroatoms. The van der Waals surface area contributed by atoms with Gasteiger partial charge in [0.2, 0.25) is 5.91 Å². The Kier molecular flexibility index (Phi) is 5.31. The third-order valence-corrected chi connectivity index (χ3v) is 4.20. The SMILES string of the molecule is Cc1ccc(Cn2c(CNC(=O)CCC(=O)O)nc3ccccc32)cc1. The molecule has 1 aromatic heterocycles. The highest BCUT2D eigenvalue weighted by molar-refractivity contribution is 5.80. The summed E-state index contributed by atoms with van der Waals surface area (Å²) in [5.41, 5.74) is 4.23. The third kappa shape index (κ3) is 4.27. The predicted octanol–water partition coefficient (Wildman–Crippen LogP) is 2.87. The number of nitrogens with one attached hydrogen (secondary N) is 1. The molecule has 0 spiro atoms. The number of carboxylic acid groups (broad SMARTS) is 1. The second-order valence-electron chi connectivity index (χ2n) is 6.26. The van der Waals surface area contributed by atoms with Gasteiger partial charge in [0.15, 0.2) is 0 Å². The van der Waals surface area contributed by atoms with Crippen molar-refractivity contribution in [1.29, 1.82) is 0 Å². The van der Waals surface area contributed by atoms with Crippen molar-refractivity contribution in [2.75, 3.05) is 0 Å². The van der Waals surface area contributed by atoms with Gasteiger partial charge < -0.3 is 15.0 Å². The molecule has 3 rings (SSSR count). The summed E-state index contributed by atoms with van der Waals surface area (Å²) in [6.45, 7) is 2.97. The number of fused-ring (bicyclic) bond motifs is 1. The van der Waals surface area contributed by atoms with E-state index in [1.807, 2.05) is 24.3 Å². The highest BCUT2D eigenvalue weighted by atomic mass is 16.4. The van der Waals surface area contributed by atoms with Crippen LogP contribution in [0.15, 0.2) is 48.5 Å². The first kappa shape index (κ1) is 17.7. The molecule has 26 heavy (non-hydrogen) atoms. The van der Waals surface area contributed by atoms with Gasteiger partial charge in [-0.3, -0.25) is 9.59 Å². The Labute approximate surface area is 151 Å². The number of carboxylic acids is 1. The normalized spacial score (nSPS) is 10.8. The zero-order valence-electron chi connectivity index (χ0n) is 14.6. The molecule has 0 aliphatic rings. The Morgan fingerprint density at radius 2 is 1.81 bits per heavy atom. The van der Waals surface area contributed by atoms with Gasteiger partial charge in [-0.15, -0.1) is 0 Å². The number of hydrogen-bond acceptors (Lipinski definition) is 3. The summed E-state index contributed by atoms with van der Waals surface area (Å²) in [5, 5.41) is 11.4. The van der Waals surface area contributed by atoms with E-state index in [9.17, 15) is 9.59 Å². The predicted molar refractivity (Wildman–Crippen MR) is 98.7 cm³/mol. The maximum atomic E-state index is 11.8. The van der Waals surface area contributed by atoms with Crippen LogP contribution in [-0.4, -0.2) is 26.5 Å². The third-order valence-electron chi connectivity index (χ3n) is 4.20. The van der Waals surface area contributed by atoms with Crippen molar-refractivity contribution < 1.29 is 14.7 Å². The molecule has 6 nitrogen and oxygen atoms in total. The number of aliphatic carboxylic acids is 1. The van der Waals surface area contributed by atoms with Crippen LogP contribution in [0.5, 0.6) is 0 Å². The van der Waals surface area contributed by atoms with Crippen LogP contribution in [0.2, 0.25) is 0 Å². The van der Waals surface area contributed by atoms with Crippen molar-refractivity contribution in [3.63, 3.8) is 0 Å². The molecule has 0 saturated carbocycles. The fourth-order valence-corrected chi connectivity index (χ4v) is 2.80. The number of hydrogen-bond donors (Lipinski definition) is 2. The van der Waals surface area contributed by atoms with Crippen molar-refractivity contribution in [2.45, 2.75) is 32.9 Å². The zero-order valence-corrected chi connectivity index (χ0v) is 14.6. The lowest BCUT2D eigenvalue weighted by Crippen LogP contribution is -2.25. The lowest BCUT2D eigenvalue weighted by Gasteiger charge is -2.11. The Morgan fingerprint density at radius 1 is 1.08 bits per heavy atom. The summed E-state index contributed by atoms with van der Waals surface area (Å²) in [6.07, 6.45) is -0.209. The van der Waals surface area contributed by atoms with E-state index in [4.69, 9.17) is 5.11 Å². The molecular formula is C20H21N3O3. The van der Waals surface area contributed by atoms with Gasteiger partial charge in [-0.1, -0.05) is 42.0 Å². The van der Waals surface area contributed by atoms with Gasteiger partial charge in [0.25, 0.3) is 0 Å². The van der Waals surface area contributed by atoms with Gasteiger partial charge >= 0.3 is 5.97 Å². The zero-order chi connectivity index (χ0) is 18.5. The van der Waals surface area contributed by atoms with E-state index in [2.05, 4.69) is 46.1 Å². The molecule has 0 bridgehead atoms. The van der Waals surface area contributed by atoms with E-state index in [1.54, 1.807) is 0 Å². The summed E-state index contributed by atoms with van der Waals surface area (Å²) in [7, 11) is 0. The minimum atomic E-state index is -0.980. The molecule has 0 unspecified atom stereocenters. The average molecular weight is 351 g/mol. The maximum Gasteiger partial charge on any atom is 0.303 e. The number of aryl methyl sites for hydroxylation is 1. The van der Waals surface area contributed by atoms with E-state index in [-0.39, 0.29) is 25.3 Å². The van der Waals surface area contributed by atoms with Gasteiger partial charge in [0.1, 0.15) is 5.82 Å². The summed E-state index contributed by atoms with van der Waals surface area (Å²) in [5.74, 6) is -0.524. The number of aromatic nitrogens is 2. The van der Waals surface area contributed by atoms with Crippen molar-refractivity contribution in [2.24, 2.45) is 0 Å². The number of benzene rings is 2. The lowest BCUT2D eigenvalue weighted by atomic mass is 10.1. The molecule has 134 valence electrons. The minimum absolute atomic E-state index is 0.0342. The molecular weight excluding hydrogens is 330 g/mol. The lowest BCUT2D eigenvalue weighted by molar-refractivity contribution is -0.138. The molecule has 0 aliphatic heterocycles. The number of amides is 1. The second kappa shape index (κ2) is 7.82. The van der Waals surface area contributed by atoms with E-state index in [0.29, 0.717) is 6.54 Å². The van der Waals surface area contributed by atoms with Gasteiger partial charge in [-0.25, -0.2) is 4.98 Å². The number of carbonyl (C=O) groups excluding carboxylic acids is 1. The van der Waals surface area contributed by atoms with Gasteiger partial charge in [0.05, 0.1) is 24.0 Å². The number of para-hydroxylation sites is 2. The maximum absolute atomic E-state index is 11.8. The Hall–Kier alpha value is -3.15. The van der Waals surface area contributed by atoms with Crippen LogP contribution in [0.3, 0.4) is 0 Å². The smallest absolute Gasteiger partial charge is 0.303 e. The largest absolute Gasteiger partial charge is 0.481 e. The summed E-state index contributed by atoms with van der Waals surface area (Å²) in [4.78, 5) is 27.0. The average Bonchev–Trinajstić information content (AvgIpc) is 2.98. The van der Waals surface area contributed by atoms with E-state index >= 15 is 0 Å². The summed E-state index contributed by atoms with van der Waals surface area (Å²) >= 11 is 0. The monoisotopic (exact) mass is 351 g/mol. The van der Waals surface area contributed by atoms with E-state index in [0.717, 1.165) is 22.4 Å². The fourth-order valence-electron chi connectivity index (χ4n) is 2.80. The van der Waals surface area contributed by atoms with Crippen molar-refractivity contribution in [3.8, 4) is 0 Å². The van der Waals surface area contributed by atoms with Crippen LogP contribution in [0.1, 0.15) is 29.8 Å². The van der Waals surface area contributed by atoms with Crippen LogP contribution < -0.4 is 5.32 Å². The highest BCUT2D eigenvalue weighted by Gasteiger charge is 2.12. The van der Waals surface area contributed by atoms with Gasteiger partial charge in [-0.05, 0) is 24.6 Å². The number of imidazole rings is 1. The van der Waals surface area contributed by atoms with Crippen LogP contribution >= 0.6 is 0 Å². The van der Waals surface area contributed by atoms with Crippen molar-refractivity contribution in [3.05, 3.63) is 65.5 Å². The molecule has 2 aromatic carbocycles. The van der Waals surface area contributed by atoms with Crippen LogP contribution in [-0.2, 0) is 22.7 Å². The number of nitrogens with zero attached hydrogens (tertiary/aromatic N) is 2.